The third kappa shape index (κ3) is 3.74. The Labute approximate surface area is 91.3 Å². The van der Waals surface area contributed by atoms with Gasteiger partial charge in [-0.2, -0.15) is 0 Å². The molecule has 0 saturated carbocycles. The molecule has 0 amide bonds. The molecule has 0 fully saturated rings. The molecule has 1 aromatic rings. The average Bonchev–Trinajstić information content (AvgIpc) is 2.29. The van der Waals surface area contributed by atoms with Crippen molar-refractivity contribution in [2.24, 2.45) is 0 Å². The molecular weight excluding hydrogens is 188 g/mol. The molecule has 1 rings (SSSR count). The molecule has 1 atom stereocenters. The van der Waals surface area contributed by atoms with E-state index in [2.05, 4.69) is 6.92 Å². The standard InChI is InChI=1S/C13H18O2/c1-3-4-10-15-13(14)11(2)12-8-6-5-7-9-12/h5-9,11H,3-4,10H2,1-2H3/t11-/m0/s1. The molecule has 0 saturated heterocycles. The van der Waals surface area contributed by atoms with Crippen LogP contribution >= 0.6 is 0 Å². The van der Waals surface area contributed by atoms with E-state index in [0.717, 1.165) is 18.4 Å². The highest BCUT2D eigenvalue weighted by molar-refractivity contribution is 5.77. The van der Waals surface area contributed by atoms with Crippen molar-refractivity contribution in [2.45, 2.75) is 32.6 Å². The number of hydrogen-bond donors (Lipinski definition) is 0. The number of esters is 1. The number of unbranched alkanes of at least 4 members (excludes halogenated alkanes) is 1. The van der Waals surface area contributed by atoms with E-state index in [1.165, 1.54) is 0 Å². The third-order valence-corrected chi connectivity index (χ3v) is 2.40. The Hall–Kier alpha value is -1.31. The number of carbonyl (C=O) groups excluding carboxylic acids is 1. The Bertz CT molecular complexity index is 293. The number of rotatable bonds is 5. The number of carbonyl (C=O) groups is 1. The van der Waals surface area contributed by atoms with Crippen LogP contribution in [0, 0.1) is 0 Å². The molecule has 0 aromatic heterocycles. The fourth-order valence-electron chi connectivity index (χ4n) is 1.32. The Morgan fingerprint density at radius 2 is 2.00 bits per heavy atom. The lowest BCUT2D eigenvalue weighted by Gasteiger charge is -2.11. The van der Waals surface area contributed by atoms with Crippen molar-refractivity contribution < 1.29 is 9.53 Å². The van der Waals surface area contributed by atoms with E-state index >= 15 is 0 Å². The van der Waals surface area contributed by atoms with Crippen LogP contribution in [0.1, 0.15) is 38.2 Å². The van der Waals surface area contributed by atoms with Gasteiger partial charge >= 0.3 is 5.97 Å². The van der Waals surface area contributed by atoms with Crippen molar-refractivity contribution in [1.29, 1.82) is 0 Å². The number of benzene rings is 1. The summed E-state index contributed by atoms with van der Waals surface area (Å²) in [5, 5.41) is 0. The zero-order chi connectivity index (χ0) is 11.1. The van der Waals surface area contributed by atoms with Gasteiger partial charge in [-0.15, -0.1) is 0 Å². The first-order valence-electron chi connectivity index (χ1n) is 5.47. The summed E-state index contributed by atoms with van der Waals surface area (Å²) in [6.07, 6.45) is 1.99. The summed E-state index contributed by atoms with van der Waals surface area (Å²) in [6.45, 7) is 4.49. The zero-order valence-electron chi connectivity index (χ0n) is 9.40. The third-order valence-electron chi connectivity index (χ3n) is 2.40. The van der Waals surface area contributed by atoms with Gasteiger partial charge < -0.3 is 4.74 Å². The smallest absolute Gasteiger partial charge is 0.313 e. The van der Waals surface area contributed by atoms with Crippen molar-refractivity contribution in [3.63, 3.8) is 0 Å². The van der Waals surface area contributed by atoms with Crippen LogP contribution in [0.5, 0.6) is 0 Å². The van der Waals surface area contributed by atoms with Gasteiger partial charge in [0.1, 0.15) is 0 Å². The monoisotopic (exact) mass is 206 g/mol. The van der Waals surface area contributed by atoms with Crippen LogP contribution in [0.2, 0.25) is 0 Å². The van der Waals surface area contributed by atoms with Crippen LogP contribution in [0.15, 0.2) is 30.3 Å². The quantitative estimate of drug-likeness (QED) is 0.546. The molecular formula is C13H18O2. The predicted molar refractivity (Wildman–Crippen MR) is 60.7 cm³/mol. The summed E-state index contributed by atoms with van der Waals surface area (Å²) < 4.78 is 5.16. The minimum atomic E-state index is -0.164. The Morgan fingerprint density at radius 3 is 2.60 bits per heavy atom. The van der Waals surface area contributed by atoms with Gasteiger partial charge in [0, 0.05) is 0 Å². The fourth-order valence-corrected chi connectivity index (χ4v) is 1.32. The lowest BCUT2D eigenvalue weighted by molar-refractivity contribution is -0.145. The SMILES string of the molecule is CCCCOC(=O)[C@@H](C)c1ccccc1. The highest BCUT2D eigenvalue weighted by Crippen LogP contribution is 2.16. The van der Waals surface area contributed by atoms with Crippen molar-refractivity contribution >= 4 is 5.97 Å². The fraction of sp³-hybridized carbons (Fsp3) is 0.462. The molecule has 0 bridgehead atoms. The zero-order valence-corrected chi connectivity index (χ0v) is 9.40. The highest BCUT2D eigenvalue weighted by atomic mass is 16.5. The van der Waals surface area contributed by atoms with Crippen LogP contribution in [0.3, 0.4) is 0 Å². The molecule has 0 radical (unpaired) electrons. The average molecular weight is 206 g/mol. The second-order valence-corrected chi connectivity index (χ2v) is 3.65. The first-order valence-corrected chi connectivity index (χ1v) is 5.47. The number of hydrogen-bond acceptors (Lipinski definition) is 2. The minimum absolute atomic E-state index is 0.130. The van der Waals surface area contributed by atoms with Gasteiger partial charge in [-0.25, -0.2) is 0 Å². The van der Waals surface area contributed by atoms with Gasteiger partial charge in [-0.1, -0.05) is 43.7 Å². The summed E-state index contributed by atoms with van der Waals surface area (Å²) in [7, 11) is 0. The van der Waals surface area contributed by atoms with Crippen molar-refractivity contribution in [3.05, 3.63) is 35.9 Å². The molecule has 2 heteroatoms. The molecule has 0 aliphatic carbocycles. The molecule has 1 aromatic carbocycles. The van der Waals surface area contributed by atoms with Crippen LogP contribution < -0.4 is 0 Å². The number of ether oxygens (including phenoxy) is 1. The van der Waals surface area contributed by atoms with E-state index in [4.69, 9.17) is 4.74 Å². The Balaban J connectivity index is 2.46. The first kappa shape index (κ1) is 11.8. The molecule has 0 aliphatic heterocycles. The van der Waals surface area contributed by atoms with Crippen molar-refractivity contribution in [2.75, 3.05) is 6.61 Å². The van der Waals surface area contributed by atoms with E-state index in [1.807, 2.05) is 37.3 Å². The van der Waals surface area contributed by atoms with E-state index in [-0.39, 0.29) is 11.9 Å². The summed E-state index contributed by atoms with van der Waals surface area (Å²) in [5.41, 5.74) is 1.01. The second kappa shape index (κ2) is 6.23. The van der Waals surface area contributed by atoms with E-state index in [0.29, 0.717) is 6.61 Å². The Kier molecular flexibility index (Phi) is 4.88. The van der Waals surface area contributed by atoms with Crippen LogP contribution in [0.4, 0.5) is 0 Å². The molecule has 0 aliphatic rings. The normalized spacial score (nSPS) is 12.1. The predicted octanol–water partition coefficient (Wildman–Crippen LogP) is 3.13. The minimum Gasteiger partial charge on any atom is -0.465 e. The van der Waals surface area contributed by atoms with E-state index < -0.39 is 0 Å². The topological polar surface area (TPSA) is 26.3 Å². The van der Waals surface area contributed by atoms with Gasteiger partial charge in [0.15, 0.2) is 0 Å². The van der Waals surface area contributed by atoms with Gasteiger partial charge in [0.05, 0.1) is 12.5 Å². The lowest BCUT2D eigenvalue weighted by atomic mass is 10.0. The molecule has 2 nitrogen and oxygen atoms in total. The molecule has 82 valence electrons. The van der Waals surface area contributed by atoms with E-state index in [9.17, 15) is 4.79 Å². The maximum atomic E-state index is 11.6. The van der Waals surface area contributed by atoms with Crippen LogP contribution in [0.25, 0.3) is 0 Å². The van der Waals surface area contributed by atoms with Gasteiger partial charge in [-0.3, -0.25) is 4.79 Å². The summed E-state index contributed by atoms with van der Waals surface area (Å²) >= 11 is 0. The molecule has 0 unspecified atom stereocenters. The summed E-state index contributed by atoms with van der Waals surface area (Å²) in [6, 6.07) is 9.71. The van der Waals surface area contributed by atoms with Crippen molar-refractivity contribution in [3.8, 4) is 0 Å². The lowest BCUT2D eigenvalue weighted by Crippen LogP contribution is -2.13. The van der Waals surface area contributed by atoms with Gasteiger partial charge in [0.2, 0.25) is 0 Å². The molecule has 0 spiro atoms. The maximum Gasteiger partial charge on any atom is 0.313 e. The van der Waals surface area contributed by atoms with E-state index in [1.54, 1.807) is 0 Å². The van der Waals surface area contributed by atoms with Gasteiger partial charge in [-0.05, 0) is 18.9 Å². The largest absolute Gasteiger partial charge is 0.465 e. The van der Waals surface area contributed by atoms with Crippen LogP contribution in [-0.2, 0) is 9.53 Å². The Morgan fingerprint density at radius 1 is 1.33 bits per heavy atom. The molecule has 0 heterocycles. The van der Waals surface area contributed by atoms with Crippen LogP contribution in [-0.4, -0.2) is 12.6 Å². The second-order valence-electron chi connectivity index (χ2n) is 3.65. The molecule has 15 heavy (non-hydrogen) atoms. The maximum absolute atomic E-state index is 11.6. The summed E-state index contributed by atoms with van der Waals surface area (Å²) in [5.74, 6) is -0.294. The molecule has 0 N–H and O–H groups in total. The van der Waals surface area contributed by atoms with Crippen molar-refractivity contribution in [1.82, 2.24) is 0 Å². The summed E-state index contributed by atoms with van der Waals surface area (Å²) in [4.78, 5) is 11.6. The highest BCUT2D eigenvalue weighted by Gasteiger charge is 2.15. The van der Waals surface area contributed by atoms with Gasteiger partial charge in [0.25, 0.3) is 0 Å². The first-order chi connectivity index (χ1) is 7.25.